The molecule has 4 nitrogen and oxygen atoms in total. The molecular weight excluding hydrogens is 310 g/mol. The van der Waals surface area contributed by atoms with Gasteiger partial charge in [-0.2, -0.15) is 11.8 Å². The van der Waals surface area contributed by atoms with E-state index in [1.807, 2.05) is 11.8 Å². The number of hydrogen-bond acceptors (Lipinski definition) is 4. The summed E-state index contributed by atoms with van der Waals surface area (Å²) in [5, 5.41) is 6.09. The van der Waals surface area contributed by atoms with Gasteiger partial charge in [-0.25, -0.2) is 8.78 Å². The van der Waals surface area contributed by atoms with Gasteiger partial charge >= 0.3 is 0 Å². The molecule has 1 unspecified atom stereocenters. The first kappa shape index (κ1) is 17.0. The predicted molar refractivity (Wildman–Crippen MR) is 85.0 cm³/mol. The van der Waals surface area contributed by atoms with Crippen molar-refractivity contribution in [3.05, 3.63) is 23.8 Å². The van der Waals surface area contributed by atoms with Gasteiger partial charge in [-0.3, -0.25) is 4.79 Å². The lowest BCUT2D eigenvalue weighted by molar-refractivity contribution is -0.116. The van der Waals surface area contributed by atoms with E-state index < -0.39 is 13.0 Å². The minimum atomic E-state index is -2.52. The maximum Gasteiger partial charge on any atom is 0.272 e. The Balaban J connectivity index is 1.90. The smallest absolute Gasteiger partial charge is 0.272 e. The minimum Gasteiger partial charge on any atom is -0.487 e. The third-order valence-electron chi connectivity index (χ3n) is 3.27. The van der Waals surface area contributed by atoms with Crippen LogP contribution >= 0.6 is 11.8 Å². The number of carbonyl (C=O) groups excluding carboxylic acids is 1. The van der Waals surface area contributed by atoms with Crippen molar-refractivity contribution in [2.75, 3.05) is 30.0 Å². The first-order chi connectivity index (χ1) is 10.5. The quantitative estimate of drug-likeness (QED) is 0.842. The third kappa shape index (κ3) is 5.46. The van der Waals surface area contributed by atoms with Crippen LogP contribution in [-0.4, -0.2) is 43.0 Å². The van der Waals surface area contributed by atoms with Crippen molar-refractivity contribution in [1.82, 2.24) is 5.32 Å². The Morgan fingerprint density at radius 2 is 2.36 bits per heavy atom. The second kappa shape index (κ2) is 8.33. The summed E-state index contributed by atoms with van der Waals surface area (Å²) >= 11 is 1.83. The fourth-order valence-corrected chi connectivity index (χ4v) is 3.12. The summed E-state index contributed by atoms with van der Waals surface area (Å²) in [5.74, 6) is 2.26. The predicted octanol–water partition coefficient (Wildman–Crippen LogP) is 2.67. The van der Waals surface area contributed by atoms with E-state index in [9.17, 15) is 13.6 Å². The molecular formula is C15H20F2N2O2S. The van der Waals surface area contributed by atoms with Crippen LogP contribution in [0.15, 0.2) is 18.2 Å². The molecule has 1 saturated heterocycles. The van der Waals surface area contributed by atoms with Crippen LogP contribution < -0.4 is 15.4 Å². The number of nitrogens with one attached hydrogen (secondary N) is 2. The number of amides is 1. The molecule has 0 saturated carbocycles. The van der Waals surface area contributed by atoms with Crippen molar-refractivity contribution >= 4 is 23.4 Å². The van der Waals surface area contributed by atoms with E-state index in [-0.39, 0.29) is 11.9 Å². The summed E-state index contributed by atoms with van der Waals surface area (Å²) in [4.78, 5) is 12.0. The highest BCUT2D eigenvalue weighted by Gasteiger charge is 2.17. The van der Waals surface area contributed by atoms with Crippen molar-refractivity contribution in [2.24, 2.45) is 0 Å². The highest BCUT2D eigenvalue weighted by atomic mass is 32.2. The number of thioether (sulfide) groups is 1. The molecule has 22 heavy (non-hydrogen) atoms. The first-order valence-corrected chi connectivity index (χ1v) is 8.32. The van der Waals surface area contributed by atoms with Gasteiger partial charge in [0.15, 0.2) is 0 Å². The Bertz CT molecular complexity index is 508. The number of carbonyl (C=O) groups is 1. The number of aryl methyl sites for hydroxylation is 1. The molecule has 1 fully saturated rings. The molecule has 0 aliphatic carbocycles. The Labute approximate surface area is 133 Å². The zero-order chi connectivity index (χ0) is 15.9. The topological polar surface area (TPSA) is 50.4 Å². The first-order valence-electron chi connectivity index (χ1n) is 7.17. The number of rotatable bonds is 6. The van der Waals surface area contributed by atoms with Gasteiger partial charge in [0.1, 0.15) is 12.4 Å². The molecule has 0 spiro atoms. The Hall–Kier alpha value is -1.34. The summed E-state index contributed by atoms with van der Waals surface area (Å²) in [6.45, 7) is 2.04. The van der Waals surface area contributed by atoms with Gasteiger partial charge in [0.05, 0.1) is 0 Å². The van der Waals surface area contributed by atoms with Crippen molar-refractivity contribution in [1.29, 1.82) is 0 Å². The van der Waals surface area contributed by atoms with Gasteiger partial charge < -0.3 is 15.4 Å². The molecule has 122 valence electrons. The Morgan fingerprint density at radius 1 is 1.55 bits per heavy atom. The molecule has 1 atom stereocenters. The highest BCUT2D eigenvalue weighted by Crippen LogP contribution is 2.23. The Morgan fingerprint density at radius 3 is 3.05 bits per heavy atom. The second-order valence-corrected chi connectivity index (χ2v) is 6.31. The van der Waals surface area contributed by atoms with Gasteiger partial charge in [-0.05, 0) is 18.6 Å². The van der Waals surface area contributed by atoms with E-state index in [4.69, 9.17) is 4.74 Å². The van der Waals surface area contributed by atoms with E-state index in [1.165, 1.54) is 0 Å². The largest absolute Gasteiger partial charge is 0.487 e. The molecule has 1 heterocycles. The summed E-state index contributed by atoms with van der Waals surface area (Å²) < 4.78 is 29.5. The van der Waals surface area contributed by atoms with Gasteiger partial charge in [-0.15, -0.1) is 0 Å². The normalized spacial score (nSPS) is 18.3. The molecule has 2 N–H and O–H groups in total. The summed E-state index contributed by atoms with van der Waals surface area (Å²) in [6.07, 6.45) is -2.12. The molecule has 1 aromatic carbocycles. The summed E-state index contributed by atoms with van der Waals surface area (Å²) in [6, 6.07) is 5.24. The highest BCUT2D eigenvalue weighted by molar-refractivity contribution is 7.99. The molecule has 1 aliphatic rings. The molecule has 1 aromatic rings. The van der Waals surface area contributed by atoms with Crippen molar-refractivity contribution in [3.8, 4) is 5.75 Å². The summed E-state index contributed by atoms with van der Waals surface area (Å²) in [7, 11) is 0. The van der Waals surface area contributed by atoms with Crippen LogP contribution in [0.5, 0.6) is 5.75 Å². The van der Waals surface area contributed by atoms with Gasteiger partial charge in [0.2, 0.25) is 5.91 Å². The monoisotopic (exact) mass is 330 g/mol. The average molecular weight is 330 g/mol. The van der Waals surface area contributed by atoms with E-state index in [0.29, 0.717) is 17.9 Å². The van der Waals surface area contributed by atoms with Crippen LogP contribution in [0.4, 0.5) is 14.5 Å². The zero-order valence-corrected chi connectivity index (χ0v) is 13.2. The molecule has 0 aromatic heterocycles. The number of halogens is 2. The van der Waals surface area contributed by atoms with Crippen LogP contribution in [-0.2, 0) is 4.79 Å². The van der Waals surface area contributed by atoms with E-state index in [0.717, 1.165) is 23.6 Å². The van der Waals surface area contributed by atoms with Crippen molar-refractivity contribution in [3.63, 3.8) is 0 Å². The molecule has 7 heteroatoms. The average Bonchev–Trinajstić information content (AvgIpc) is 2.48. The number of alkyl halides is 2. The SMILES string of the molecule is Cc1ccc(NC(=O)CC2CSCCN2)cc1OCC(F)F. The van der Waals surface area contributed by atoms with E-state index >= 15 is 0 Å². The lowest BCUT2D eigenvalue weighted by atomic mass is 10.2. The standard InChI is InChI=1S/C15H20F2N2O2S/c1-10-2-3-11(6-13(10)21-8-14(16)17)19-15(20)7-12-9-22-5-4-18-12/h2-3,6,12,14,18H,4-5,7-9H2,1H3,(H,19,20). The fraction of sp³-hybridized carbons (Fsp3) is 0.533. The van der Waals surface area contributed by atoms with Crippen LogP contribution in [0.3, 0.4) is 0 Å². The number of ether oxygens (including phenoxy) is 1. The lowest BCUT2D eigenvalue weighted by Crippen LogP contribution is -2.39. The molecule has 2 rings (SSSR count). The molecule has 1 amide bonds. The maximum atomic E-state index is 12.2. The Kier molecular flexibility index (Phi) is 6.45. The number of benzene rings is 1. The number of anilines is 1. The van der Waals surface area contributed by atoms with E-state index in [2.05, 4.69) is 10.6 Å². The molecule has 1 aliphatic heterocycles. The van der Waals surface area contributed by atoms with Crippen molar-refractivity contribution in [2.45, 2.75) is 25.8 Å². The van der Waals surface area contributed by atoms with Crippen LogP contribution in [0.25, 0.3) is 0 Å². The summed E-state index contributed by atoms with van der Waals surface area (Å²) in [5.41, 5.74) is 1.31. The van der Waals surface area contributed by atoms with Crippen LogP contribution in [0.2, 0.25) is 0 Å². The fourth-order valence-electron chi connectivity index (χ4n) is 2.17. The van der Waals surface area contributed by atoms with Crippen LogP contribution in [0, 0.1) is 6.92 Å². The molecule has 0 bridgehead atoms. The van der Waals surface area contributed by atoms with Gasteiger partial charge in [0, 0.05) is 42.3 Å². The maximum absolute atomic E-state index is 12.2. The second-order valence-electron chi connectivity index (χ2n) is 5.16. The minimum absolute atomic E-state index is 0.0938. The van der Waals surface area contributed by atoms with E-state index in [1.54, 1.807) is 25.1 Å². The van der Waals surface area contributed by atoms with Gasteiger partial charge in [0.25, 0.3) is 6.43 Å². The zero-order valence-electron chi connectivity index (χ0n) is 12.4. The number of hydrogen-bond donors (Lipinski definition) is 2. The molecule has 0 radical (unpaired) electrons. The lowest BCUT2D eigenvalue weighted by Gasteiger charge is -2.22. The van der Waals surface area contributed by atoms with Crippen LogP contribution in [0.1, 0.15) is 12.0 Å². The van der Waals surface area contributed by atoms with Crippen molar-refractivity contribution < 1.29 is 18.3 Å². The van der Waals surface area contributed by atoms with Gasteiger partial charge in [-0.1, -0.05) is 6.07 Å². The third-order valence-corrected chi connectivity index (χ3v) is 4.40.